The van der Waals surface area contributed by atoms with Gasteiger partial charge in [0.25, 0.3) is 0 Å². The molecule has 0 bridgehead atoms. The lowest BCUT2D eigenvalue weighted by atomic mass is 9.73. The van der Waals surface area contributed by atoms with Gasteiger partial charge in [-0.05, 0) is 69.9 Å². The zero-order valence-electron chi connectivity index (χ0n) is 20.5. The molecule has 0 saturated carbocycles. The van der Waals surface area contributed by atoms with Gasteiger partial charge in [-0.25, -0.2) is 0 Å². The molecule has 0 radical (unpaired) electrons. The molecule has 0 saturated heterocycles. The predicted molar refractivity (Wildman–Crippen MR) is 133 cm³/mol. The van der Waals surface area contributed by atoms with Crippen LogP contribution in [-0.2, 0) is 22.3 Å². The molecule has 3 N–H and O–H groups in total. The Bertz CT molecular complexity index is 1090. The van der Waals surface area contributed by atoms with Crippen LogP contribution in [0.15, 0.2) is 59.2 Å². The van der Waals surface area contributed by atoms with Crippen molar-refractivity contribution >= 4 is 24.0 Å². The quantitative estimate of drug-likeness (QED) is 0.372. The lowest BCUT2D eigenvalue weighted by Crippen LogP contribution is -2.57. The van der Waals surface area contributed by atoms with Gasteiger partial charge in [0.05, 0.1) is 30.5 Å². The maximum Gasteiger partial charge on any atom is 0.479 e. The number of hydrogen-bond acceptors (Lipinski definition) is 6. The van der Waals surface area contributed by atoms with E-state index in [1.165, 1.54) is 0 Å². The van der Waals surface area contributed by atoms with Gasteiger partial charge >= 0.3 is 7.12 Å². The van der Waals surface area contributed by atoms with Crippen LogP contribution in [-0.4, -0.2) is 47.4 Å². The zero-order valence-corrected chi connectivity index (χ0v) is 20.5. The van der Waals surface area contributed by atoms with Crippen molar-refractivity contribution in [1.82, 2.24) is 5.32 Å². The minimum atomic E-state index is -1.35. The standard InChI is InChI=1S/C26H34BNO6/c1-25(2,30)26(3,4)34-27(31)23(16-19-17-33-22-9-7-6-8-21(19)22)28-24(29)15-12-18-10-13-20(32-5)14-11-18/h6-11,13-14,17,23,30-31H,12,15-16H2,1-5H3,(H,28,29)/t23-/m0/s1. The Hall–Kier alpha value is -2.81. The van der Waals surface area contributed by atoms with Crippen LogP contribution in [0, 0.1) is 0 Å². The van der Waals surface area contributed by atoms with Crippen molar-refractivity contribution in [3.05, 3.63) is 65.9 Å². The molecule has 0 aliphatic rings. The number of carbonyl (C=O) groups excluding carboxylic acids is 1. The molecule has 1 amide bonds. The van der Waals surface area contributed by atoms with Crippen LogP contribution >= 0.6 is 0 Å². The van der Waals surface area contributed by atoms with E-state index in [9.17, 15) is 14.9 Å². The number of methoxy groups -OCH3 is 1. The maximum atomic E-state index is 12.8. The monoisotopic (exact) mass is 467 g/mol. The fraction of sp³-hybridized carbons (Fsp3) is 0.423. The van der Waals surface area contributed by atoms with Crippen LogP contribution in [0.2, 0.25) is 0 Å². The van der Waals surface area contributed by atoms with Crippen LogP contribution in [0.3, 0.4) is 0 Å². The molecule has 0 fully saturated rings. The molecule has 182 valence electrons. The zero-order chi connectivity index (χ0) is 24.9. The number of aryl methyl sites for hydroxylation is 1. The molecule has 0 spiro atoms. The predicted octanol–water partition coefficient (Wildman–Crippen LogP) is 3.69. The first-order chi connectivity index (χ1) is 16.0. The number of para-hydroxylation sites is 1. The summed E-state index contributed by atoms with van der Waals surface area (Å²) in [5.74, 6) is -0.196. The van der Waals surface area contributed by atoms with Crippen LogP contribution in [0.1, 0.15) is 45.2 Å². The second kappa shape index (κ2) is 10.6. The Morgan fingerprint density at radius 1 is 1.12 bits per heavy atom. The van der Waals surface area contributed by atoms with Crippen molar-refractivity contribution in [1.29, 1.82) is 0 Å². The van der Waals surface area contributed by atoms with Gasteiger partial charge in [-0.2, -0.15) is 0 Å². The molecule has 0 aliphatic heterocycles. The summed E-state index contributed by atoms with van der Waals surface area (Å²) in [6.45, 7) is 6.63. The first-order valence-corrected chi connectivity index (χ1v) is 11.5. The van der Waals surface area contributed by atoms with E-state index in [0.717, 1.165) is 27.8 Å². The third kappa shape index (κ3) is 6.41. The van der Waals surface area contributed by atoms with Crippen molar-refractivity contribution in [3.8, 4) is 5.75 Å². The first-order valence-electron chi connectivity index (χ1n) is 11.5. The number of carbonyl (C=O) groups is 1. The average molecular weight is 467 g/mol. The molecular weight excluding hydrogens is 433 g/mol. The summed E-state index contributed by atoms with van der Waals surface area (Å²) in [5, 5.41) is 25.3. The second-order valence-corrected chi connectivity index (χ2v) is 9.56. The molecule has 8 heteroatoms. The Labute approximate surface area is 201 Å². The van der Waals surface area contributed by atoms with E-state index in [1.54, 1.807) is 41.1 Å². The van der Waals surface area contributed by atoms with Crippen molar-refractivity contribution in [2.75, 3.05) is 7.11 Å². The Morgan fingerprint density at radius 3 is 2.44 bits per heavy atom. The molecular formula is C26H34BNO6. The number of rotatable bonds is 11. The van der Waals surface area contributed by atoms with E-state index >= 15 is 0 Å². The number of nitrogens with one attached hydrogen (secondary N) is 1. The molecule has 2 aromatic carbocycles. The SMILES string of the molecule is COc1ccc(CCC(=O)N[C@@H](Cc2coc3ccccc23)B(O)OC(C)(C)C(C)(C)O)cc1. The summed E-state index contributed by atoms with van der Waals surface area (Å²) in [6, 6.07) is 15.2. The third-order valence-corrected chi connectivity index (χ3v) is 6.38. The normalized spacial score (nSPS) is 13.0. The van der Waals surface area contributed by atoms with Gasteiger partial charge in [0.1, 0.15) is 11.3 Å². The number of aliphatic hydroxyl groups is 1. The molecule has 0 aliphatic carbocycles. The number of amides is 1. The van der Waals surface area contributed by atoms with Crippen molar-refractivity contribution in [2.45, 2.75) is 64.1 Å². The van der Waals surface area contributed by atoms with E-state index in [4.69, 9.17) is 13.8 Å². The van der Waals surface area contributed by atoms with E-state index in [1.807, 2.05) is 48.5 Å². The molecule has 3 aromatic rings. The van der Waals surface area contributed by atoms with Gasteiger partial charge < -0.3 is 29.3 Å². The van der Waals surface area contributed by atoms with Crippen molar-refractivity contribution in [3.63, 3.8) is 0 Å². The Kier molecular flexibility index (Phi) is 8.07. The number of fused-ring (bicyclic) bond motifs is 1. The lowest BCUT2D eigenvalue weighted by Gasteiger charge is -2.39. The third-order valence-electron chi connectivity index (χ3n) is 6.38. The van der Waals surface area contributed by atoms with Gasteiger partial charge in [-0.15, -0.1) is 0 Å². The van der Waals surface area contributed by atoms with Crippen molar-refractivity contribution in [2.24, 2.45) is 0 Å². The molecule has 3 rings (SSSR count). The Morgan fingerprint density at radius 2 is 1.79 bits per heavy atom. The highest BCUT2D eigenvalue weighted by Gasteiger charge is 2.42. The number of furan rings is 1. The van der Waals surface area contributed by atoms with E-state index in [2.05, 4.69) is 5.32 Å². The largest absolute Gasteiger partial charge is 0.497 e. The summed E-state index contributed by atoms with van der Waals surface area (Å²) in [6.07, 6.45) is 2.73. The van der Waals surface area contributed by atoms with Crippen LogP contribution < -0.4 is 10.1 Å². The summed E-state index contributed by atoms with van der Waals surface area (Å²) in [4.78, 5) is 12.8. The summed E-state index contributed by atoms with van der Waals surface area (Å²) in [5.41, 5.74) is 0.318. The van der Waals surface area contributed by atoms with E-state index in [0.29, 0.717) is 12.8 Å². The first kappa shape index (κ1) is 25.8. The smallest absolute Gasteiger partial charge is 0.479 e. The topological polar surface area (TPSA) is 101 Å². The molecule has 0 unspecified atom stereocenters. The molecule has 34 heavy (non-hydrogen) atoms. The summed E-state index contributed by atoms with van der Waals surface area (Å²) < 4.78 is 16.7. The minimum absolute atomic E-state index is 0.211. The number of hydrogen-bond donors (Lipinski definition) is 3. The highest BCUT2D eigenvalue weighted by molar-refractivity contribution is 6.45. The van der Waals surface area contributed by atoms with Crippen LogP contribution in [0.25, 0.3) is 11.0 Å². The van der Waals surface area contributed by atoms with E-state index in [-0.39, 0.29) is 12.3 Å². The second-order valence-electron chi connectivity index (χ2n) is 9.56. The molecule has 7 nitrogen and oxygen atoms in total. The van der Waals surface area contributed by atoms with Crippen molar-refractivity contribution < 1.29 is 28.7 Å². The van der Waals surface area contributed by atoms with Gasteiger partial charge in [-0.1, -0.05) is 30.3 Å². The minimum Gasteiger partial charge on any atom is -0.497 e. The van der Waals surface area contributed by atoms with Gasteiger partial charge in [-0.3, -0.25) is 4.79 Å². The average Bonchev–Trinajstić information content (AvgIpc) is 3.19. The van der Waals surface area contributed by atoms with Gasteiger partial charge in [0, 0.05) is 11.8 Å². The number of benzene rings is 2. The van der Waals surface area contributed by atoms with Gasteiger partial charge in [0.15, 0.2) is 0 Å². The van der Waals surface area contributed by atoms with E-state index < -0.39 is 24.3 Å². The van der Waals surface area contributed by atoms with Crippen LogP contribution in [0.4, 0.5) is 0 Å². The summed E-state index contributed by atoms with van der Waals surface area (Å²) >= 11 is 0. The molecule has 1 aromatic heterocycles. The highest BCUT2D eigenvalue weighted by Crippen LogP contribution is 2.27. The maximum absolute atomic E-state index is 12.8. The Balaban J connectivity index is 1.74. The highest BCUT2D eigenvalue weighted by atomic mass is 16.5. The number of ether oxygens (including phenoxy) is 1. The van der Waals surface area contributed by atoms with Gasteiger partial charge in [0.2, 0.25) is 5.91 Å². The molecule has 1 heterocycles. The molecule has 1 atom stereocenters. The lowest BCUT2D eigenvalue weighted by molar-refractivity contribution is -0.122. The fourth-order valence-electron chi connectivity index (χ4n) is 3.51. The van der Waals surface area contributed by atoms with Crippen LogP contribution in [0.5, 0.6) is 5.75 Å². The fourth-order valence-corrected chi connectivity index (χ4v) is 3.51. The summed E-state index contributed by atoms with van der Waals surface area (Å²) in [7, 11) is 0.262.